The number of rotatable bonds is 14. The molecule has 0 radical (unpaired) electrons. The third-order valence-electron chi connectivity index (χ3n) is 5.89. The normalized spacial score (nSPS) is 18.8. The molecule has 2 rings (SSSR count). The van der Waals surface area contributed by atoms with Crippen LogP contribution < -0.4 is 0 Å². The maximum Gasteiger partial charge on any atom is 0.438 e. The maximum absolute atomic E-state index is 13.6. The number of hydrogen-bond donors (Lipinski definition) is 1. The van der Waals surface area contributed by atoms with Crippen LogP contribution in [-0.4, -0.2) is 38.6 Å². The van der Waals surface area contributed by atoms with E-state index in [1.807, 2.05) is 0 Å². The van der Waals surface area contributed by atoms with Crippen LogP contribution in [0.5, 0.6) is 0 Å². The number of unbranched alkanes of at least 4 members (excludes halogenated alkanes) is 11. The second-order valence-corrected chi connectivity index (χ2v) is 8.63. The van der Waals surface area contributed by atoms with E-state index in [-0.39, 0.29) is 16.4 Å². The molecule has 0 aliphatic carbocycles. The van der Waals surface area contributed by atoms with Crippen molar-refractivity contribution in [3.8, 4) is 0 Å². The molecule has 1 atom stereocenters. The standard InChI is InChI=1S/C24H36F3N3O2/c1-2-3-4-5-6-7-8-9-10-11-12-13-16-20-19-23(32,24(25,26)27)30(29-20)22(31)21-17-14-15-18-28-21/h14-15,17-18,32H,2-13,16,19H2,1H3. The highest BCUT2D eigenvalue weighted by molar-refractivity contribution is 5.97. The SMILES string of the molecule is CCCCCCCCCCCCCCC1=NN(C(=O)c2ccccn2)C(O)(C(F)(F)F)C1. The summed E-state index contributed by atoms with van der Waals surface area (Å²) < 4.78 is 40.8. The van der Waals surface area contributed by atoms with E-state index < -0.39 is 24.2 Å². The Balaban J connectivity index is 1.74. The molecule has 1 aromatic heterocycles. The van der Waals surface area contributed by atoms with Gasteiger partial charge in [0.2, 0.25) is 0 Å². The molecule has 1 aromatic rings. The molecule has 1 N–H and O–H groups in total. The van der Waals surface area contributed by atoms with E-state index in [1.165, 1.54) is 69.7 Å². The highest BCUT2D eigenvalue weighted by Gasteiger charge is 2.63. The van der Waals surface area contributed by atoms with E-state index in [1.54, 1.807) is 6.07 Å². The molecule has 0 aromatic carbocycles. The Morgan fingerprint density at radius 2 is 1.56 bits per heavy atom. The first-order valence-electron chi connectivity index (χ1n) is 11.9. The van der Waals surface area contributed by atoms with Crippen molar-refractivity contribution in [2.24, 2.45) is 5.10 Å². The predicted molar refractivity (Wildman–Crippen MR) is 119 cm³/mol. The number of halogens is 3. The smallest absolute Gasteiger partial charge is 0.362 e. The van der Waals surface area contributed by atoms with E-state index >= 15 is 0 Å². The maximum atomic E-state index is 13.6. The Hall–Kier alpha value is -1.96. The highest BCUT2D eigenvalue weighted by atomic mass is 19.4. The summed E-state index contributed by atoms with van der Waals surface area (Å²) in [6.45, 7) is 2.22. The number of aliphatic hydroxyl groups is 1. The van der Waals surface area contributed by atoms with Crippen molar-refractivity contribution >= 4 is 11.6 Å². The van der Waals surface area contributed by atoms with Crippen LogP contribution >= 0.6 is 0 Å². The van der Waals surface area contributed by atoms with Gasteiger partial charge in [-0.25, -0.2) is 0 Å². The van der Waals surface area contributed by atoms with Gasteiger partial charge in [0.05, 0.1) is 0 Å². The van der Waals surface area contributed by atoms with E-state index in [0.29, 0.717) is 12.8 Å². The number of amides is 1. The van der Waals surface area contributed by atoms with Crippen molar-refractivity contribution in [2.45, 2.75) is 109 Å². The summed E-state index contributed by atoms with van der Waals surface area (Å²) in [7, 11) is 0. The zero-order chi connectivity index (χ0) is 23.5. The van der Waals surface area contributed by atoms with Crippen molar-refractivity contribution in [1.82, 2.24) is 9.99 Å². The summed E-state index contributed by atoms with van der Waals surface area (Å²) in [5, 5.41) is 14.3. The molecule has 0 fully saturated rings. The molecular formula is C24H36F3N3O2. The fraction of sp³-hybridized carbons (Fsp3) is 0.708. The third kappa shape index (κ3) is 7.57. The number of nitrogens with zero attached hydrogens (tertiary/aromatic N) is 3. The molecule has 1 aliphatic rings. The molecule has 5 nitrogen and oxygen atoms in total. The molecule has 8 heteroatoms. The Labute approximate surface area is 189 Å². The van der Waals surface area contributed by atoms with Gasteiger partial charge in [-0.05, 0) is 25.0 Å². The van der Waals surface area contributed by atoms with Crippen LogP contribution in [0.4, 0.5) is 13.2 Å². The quantitative estimate of drug-likeness (QED) is 0.320. The minimum absolute atomic E-state index is 0.158. The number of pyridine rings is 1. The Kier molecular flexibility index (Phi) is 10.6. The number of hydrazone groups is 1. The summed E-state index contributed by atoms with van der Waals surface area (Å²) in [5.74, 6) is -1.06. The molecule has 0 saturated heterocycles. The minimum atomic E-state index is -5.01. The van der Waals surface area contributed by atoms with Gasteiger partial charge >= 0.3 is 6.18 Å². The lowest BCUT2D eigenvalue weighted by Crippen LogP contribution is -2.56. The van der Waals surface area contributed by atoms with Gasteiger partial charge in [0.25, 0.3) is 11.6 Å². The molecule has 0 saturated carbocycles. The van der Waals surface area contributed by atoms with Gasteiger partial charge in [0, 0.05) is 18.3 Å². The van der Waals surface area contributed by atoms with Crippen LogP contribution in [0.3, 0.4) is 0 Å². The van der Waals surface area contributed by atoms with Gasteiger partial charge in [-0.1, -0.05) is 83.6 Å². The van der Waals surface area contributed by atoms with Crippen molar-refractivity contribution in [2.75, 3.05) is 0 Å². The van der Waals surface area contributed by atoms with E-state index in [9.17, 15) is 23.1 Å². The van der Waals surface area contributed by atoms with Gasteiger partial charge in [0.1, 0.15) is 5.69 Å². The Morgan fingerprint density at radius 1 is 1.00 bits per heavy atom. The summed E-state index contributed by atoms with van der Waals surface area (Å²) in [6.07, 6.45) is 9.89. The average molecular weight is 456 g/mol. The zero-order valence-electron chi connectivity index (χ0n) is 19.0. The second-order valence-electron chi connectivity index (χ2n) is 8.63. The van der Waals surface area contributed by atoms with Crippen LogP contribution in [0.1, 0.15) is 107 Å². The first-order valence-corrected chi connectivity index (χ1v) is 11.9. The molecule has 1 amide bonds. The summed E-state index contributed by atoms with van der Waals surface area (Å²) in [4.78, 5) is 16.3. The fourth-order valence-corrected chi connectivity index (χ4v) is 3.96. The molecule has 180 valence electrons. The monoisotopic (exact) mass is 455 g/mol. The lowest BCUT2D eigenvalue weighted by atomic mass is 10.0. The van der Waals surface area contributed by atoms with Crippen molar-refractivity contribution in [1.29, 1.82) is 0 Å². The first kappa shape index (κ1) is 26.3. The van der Waals surface area contributed by atoms with Gasteiger partial charge in [-0.2, -0.15) is 23.3 Å². The van der Waals surface area contributed by atoms with Crippen molar-refractivity contribution in [3.63, 3.8) is 0 Å². The lowest BCUT2D eigenvalue weighted by Gasteiger charge is -2.32. The lowest BCUT2D eigenvalue weighted by molar-refractivity contribution is -0.297. The van der Waals surface area contributed by atoms with Gasteiger partial charge in [-0.3, -0.25) is 9.78 Å². The average Bonchev–Trinajstić information content (AvgIpc) is 3.12. The highest BCUT2D eigenvalue weighted by Crippen LogP contribution is 2.41. The Bertz CT molecular complexity index is 725. The molecule has 2 heterocycles. The molecule has 0 bridgehead atoms. The van der Waals surface area contributed by atoms with Crippen LogP contribution in [0.25, 0.3) is 0 Å². The van der Waals surface area contributed by atoms with Crippen molar-refractivity contribution < 1.29 is 23.1 Å². The minimum Gasteiger partial charge on any atom is -0.362 e. The van der Waals surface area contributed by atoms with Crippen molar-refractivity contribution in [3.05, 3.63) is 30.1 Å². The van der Waals surface area contributed by atoms with E-state index in [4.69, 9.17) is 0 Å². The topological polar surface area (TPSA) is 65.8 Å². The zero-order valence-corrected chi connectivity index (χ0v) is 19.0. The number of alkyl halides is 3. The van der Waals surface area contributed by atoms with Crippen LogP contribution in [0, 0.1) is 0 Å². The Morgan fingerprint density at radius 3 is 2.06 bits per heavy atom. The first-order chi connectivity index (χ1) is 15.3. The molecule has 32 heavy (non-hydrogen) atoms. The van der Waals surface area contributed by atoms with E-state index in [0.717, 1.165) is 19.3 Å². The second kappa shape index (κ2) is 12.9. The van der Waals surface area contributed by atoms with Gasteiger partial charge < -0.3 is 5.11 Å². The number of hydrogen-bond acceptors (Lipinski definition) is 4. The molecule has 1 aliphatic heterocycles. The third-order valence-corrected chi connectivity index (χ3v) is 5.89. The predicted octanol–water partition coefficient (Wildman–Crippen LogP) is 6.63. The number of carbonyl (C=O) groups excluding carboxylic acids is 1. The summed E-state index contributed by atoms with van der Waals surface area (Å²) in [5.41, 5.74) is -3.32. The van der Waals surface area contributed by atoms with Gasteiger partial charge in [0.15, 0.2) is 0 Å². The largest absolute Gasteiger partial charge is 0.438 e. The van der Waals surface area contributed by atoms with Gasteiger partial charge in [-0.15, -0.1) is 0 Å². The molecular weight excluding hydrogens is 419 g/mol. The summed E-state index contributed by atoms with van der Waals surface area (Å²) in [6, 6.07) is 4.36. The number of aromatic nitrogens is 1. The van der Waals surface area contributed by atoms with Crippen LogP contribution in [0.15, 0.2) is 29.5 Å². The van der Waals surface area contributed by atoms with Crippen LogP contribution in [0.2, 0.25) is 0 Å². The van der Waals surface area contributed by atoms with E-state index in [2.05, 4.69) is 17.0 Å². The molecule has 1 unspecified atom stereocenters. The fourth-order valence-electron chi connectivity index (χ4n) is 3.96. The van der Waals surface area contributed by atoms with Crippen LogP contribution in [-0.2, 0) is 0 Å². The summed E-state index contributed by atoms with van der Waals surface area (Å²) >= 11 is 0. The number of carbonyl (C=O) groups is 1. The molecule has 0 spiro atoms.